The molecule has 0 bridgehead atoms. The summed E-state index contributed by atoms with van der Waals surface area (Å²) in [6.07, 6.45) is 9.62. The standard InChI is InChI=1S/2C9H19NS2.Cu/c2*1-3-5-7-10(9(11)12)8-6-4-2;/h2*3-8H2,1-2H3,(H,11,12);/p-2. The molecule has 0 atom stereocenters. The van der Waals surface area contributed by atoms with Crippen LogP contribution in [0.25, 0.3) is 0 Å². The summed E-state index contributed by atoms with van der Waals surface area (Å²) >= 11 is 19.9. The van der Waals surface area contributed by atoms with Gasteiger partial charge in [0.05, 0.1) is 0 Å². The van der Waals surface area contributed by atoms with Gasteiger partial charge in [0.15, 0.2) is 0 Å². The minimum atomic E-state index is 0. The fourth-order valence-corrected chi connectivity index (χ4v) is 2.71. The summed E-state index contributed by atoms with van der Waals surface area (Å²) < 4.78 is 1.27. The van der Waals surface area contributed by atoms with Gasteiger partial charge in [0, 0.05) is 43.2 Å². The largest absolute Gasteiger partial charge is 0.411 e. The van der Waals surface area contributed by atoms with Gasteiger partial charge in [-0.2, -0.15) is 0 Å². The molecule has 0 aliphatic heterocycles. The number of nitrogens with zero attached hydrogens (tertiary/aromatic N) is 2. The Morgan fingerprint density at radius 1 is 0.600 bits per heavy atom. The van der Waals surface area contributed by atoms with E-state index < -0.39 is 0 Å². The van der Waals surface area contributed by atoms with Gasteiger partial charge in [0.1, 0.15) is 0 Å². The molecule has 0 aromatic carbocycles. The third-order valence-electron chi connectivity index (χ3n) is 3.64. The predicted octanol–water partition coefficient (Wildman–Crippen LogP) is 5.44. The molecule has 0 aromatic rings. The number of hydrogen-bond donors (Lipinski definition) is 0. The molecule has 0 spiro atoms. The van der Waals surface area contributed by atoms with Crippen molar-refractivity contribution in [2.45, 2.75) is 79.1 Å². The third kappa shape index (κ3) is 20.9. The Bertz CT molecular complexity index is 271. The Morgan fingerprint density at radius 3 is 0.920 bits per heavy atom. The molecule has 0 unspecified atom stereocenters. The van der Waals surface area contributed by atoms with Gasteiger partial charge >= 0.3 is 0 Å². The van der Waals surface area contributed by atoms with Crippen LogP contribution in [0.3, 0.4) is 0 Å². The van der Waals surface area contributed by atoms with E-state index in [9.17, 15) is 0 Å². The van der Waals surface area contributed by atoms with E-state index in [1.165, 1.54) is 51.4 Å². The molecule has 0 rings (SSSR count). The van der Waals surface area contributed by atoms with Gasteiger partial charge in [0.2, 0.25) is 0 Å². The molecule has 0 aliphatic carbocycles. The molecule has 1 radical (unpaired) electrons. The third-order valence-corrected chi connectivity index (χ3v) is 4.68. The van der Waals surface area contributed by atoms with Crippen molar-refractivity contribution in [2.24, 2.45) is 0 Å². The van der Waals surface area contributed by atoms with E-state index >= 15 is 0 Å². The van der Waals surface area contributed by atoms with E-state index in [2.05, 4.69) is 37.5 Å². The first-order chi connectivity index (χ1) is 11.4. The molecule has 0 amide bonds. The van der Waals surface area contributed by atoms with Crippen LogP contribution in [0, 0.1) is 0 Å². The van der Waals surface area contributed by atoms with Crippen molar-refractivity contribution < 1.29 is 17.1 Å². The van der Waals surface area contributed by atoms with Gasteiger partial charge in [-0.3, -0.25) is 0 Å². The Morgan fingerprint density at radius 2 is 0.800 bits per heavy atom. The van der Waals surface area contributed by atoms with Crippen LogP contribution in [0.15, 0.2) is 0 Å². The Balaban J connectivity index is -0.000000372. The fourth-order valence-electron chi connectivity index (χ4n) is 1.98. The summed E-state index contributed by atoms with van der Waals surface area (Å²) in [5.74, 6) is 0. The van der Waals surface area contributed by atoms with Crippen molar-refractivity contribution in [2.75, 3.05) is 26.2 Å². The first kappa shape index (κ1) is 30.5. The average Bonchev–Trinajstić information content (AvgIpc) is 2.55. The van der Waals surface area contributed by atoms with Crippen LogP contribution in [0.2, 0.25) is 0 Å². The van der Waals surface area contributed by atoms with Crippen LogP contribution in [-0.2, 0) is 42.3 Å². The zero-order valence-corrected chi connectivity index (χ0v) is 20.5. The maximum absolute atomic E-state index is 4.98. The summed E-state index contributed by atoms with van der Waals surface area (Å²) in [5.41, 5.74) is 0. The van der Waals surface area contributed by atoms with Gasteiger partial charge in [-0.1, -0.05) is 62.0 Å². The quantitative estimate of drug-likeness (QED) is 0.211. The molecule has 0 aromatic heterocycles. The van der Waals surface area contributed by atoms with E-state index in [4.69, 9.17) is 49.7 Å². The van der Waals surface area contributed by atoms with E-state index in [1.54, 1.807) is 0 Å². The molecule has 0 fully saturated rings. The minimum Gasteiger partial charge on any atom is -0.411 e. The number of unbranched alkanes of at least 4 members (excludes halogenated alkanes) is 4. The number of rotatable bonds is 12. The van der Waals surface area contributed by atoms with E-state index in [-0.39, 0.29) is 17.1 Å². The maximum Gasteiger partial charge on any atom is 0.0162 e. The van der Waals surface area contributed by atoms with Gasteiger partial charge in [-0.15, -0.1) is 0 Å². The van der Waals surface area contributed by atoms with Gasteiger partial charge in [0.25, 0.3) is 0 Å². The summed E-state index contributed by atoms with van der Waals surface area (Å²) in [5, 5.41) is 0. The Hall–Kier alpha value is 0.739. The smallest absolute Gasteiger partial charge is 0.0162 e. The van der Waals surface area contributed by atoms with Crippen LogP contribution in [0.1, 0.15) is 79.1 Å². The molecule has 0 heterocycles. The number of hydrogen-bond acceptors (Lipinski definition) is 4. The maximum atomic E-state index is 4.98. The first-order valence-electron chi connectivity index (χ1n) is 9.36. The fraction of sp³-hybridized carbons (Fsp3) is 0.889. The van der Waals surface area contributed by atoms with E-state index in [1.807, 2.05) is 0 Å². The van der Waals surface area contributed by atoms with Crippen molar-refractivity contribution >= 4 is 58.3 Å². The van der Waals surface area contributed by atoms with Crippen LogP contribution < -0.4 is 0 Å². The van der Waals surface area contributed by atoms with E-state index in [0.717, 1.165) is 26.2 Å². The van der Waals surface area contributed by atoms with Crippen LogP contribution in [0.4, 0.5) is 0 Å². The zero-order valence-electron chi connectivity index (χ0n) is 16.3. The molecule has 7 heteroatoms. The second kappa shape index (κ2) is 22.8. The van der Waals surface area contributed by atoms with Crippen molar-refractivity contribution in [3.8, 4) is 0 Å². The van der Waals surface area contributed by atoms with Crippen LogP contribution >= 0.6 is 24.4 Å². The molecule has 0 saturated heterocycles. The molecule has 0 N–H and O–H groups in total. The molecule has 155 valence electrons. The van der Waals surface area contributed by atoms with E-state index in [0.29, 0.717) is 8.64 Å². The van der Waals surface area contributed by atoms with Gasteiger partial charge < -0.3 is 59.5 Å². The molecule has 2 nitrogen and oxygen atoms in total. The van der Waals surface area contributed by atoms with Crippen molar-refractivity contribution in [3.05, 3.63) is 0 Å². The SMILES string of the molecule is CCCCN(CCCC)C(=S)[S-].CCCCN(CCCC)C(=S)[S-].[Cu]. The number of thiocarbonyl (C=S) groups is 2. The second-order valence-corrected chi connectivity index (χ2v) is 7.98. The summed E-state index contributed by atoms with van der Waals surface area (Å²) in [7, 11) is 0. The van der Waals surface area contributed by atoms with Gasteiger partial charge in [-0.05, 0) is 25.7 Å². The van der Waals surface area contributed by atoms with Crippen molar-refractivity contribution in [1.29, 1.82) is 0 Å². The summed E-state index contributed by atoms with van der Waals surface area (Å²) in [6, 6.07) is 0. The molecular formula is C18H36CuN2S4-2. The molecular weight excluding hydrogens is 436 g/mol. The summed E-state index contributed by atoms with van der Waals surface area (Å²) in [4.78, 5) is 4.27. The molecule has 0 saturated carbocycles. The second-order valence-electron chi connectivity index (χ2n) is 5.92. The topological polar surface area (TPSA) is 6.48 Å². The Labute approximate surface area is 189 Å². The van der Waals surface area contributed by atoms with Crippen LogP contribution in [-0.4, -0.2) is 44.6 Å². The van der Waals surface area contributed by atoms with Crippen molar-refractivity contribution in [1.82, 2.24) is 9.80 Å². The van der Waals surface area contributed by atoms with Crippen molar-refractivity contribution in [3.63, 3.8) is 0 Å². The monoisotopic (exact) mass is 471 g/mol. The normalized spacial score (nSPS) is 9.44. The van der Waals surface area contributed by atoms with Crippen LogP contribution in [0.5, 0.6) is 0 Å². The average molecular weight is 472 g/mol. The predicted molar refractivity (Wildman–Crippen MR) is 123 cm³/mol. The minimum absolute atomic E-state index is 0. The first-order valence-corrected chi connectivity index (χ1v) is 11.0. The summed E-state index contributed by atoms with van der Waals surface area (Å²) in [6.45, 7) is 12.9. The zero-order chi connectivity index (χ0) is 18.8. The molecule has 25 heavy (non-hydrogen) atoms. The Kier molecular flexibility index (Phi) is 27.8. The molecule has 0 aliphatic rings. The van der Waals surface area contributed by atoms with Gasteiger partial charge in [-0.25, -0.2) is 0 Å².